The molecule has 0 aliphatic heterocycles. The molecule has 0 spiro atoms. The molecular formula is C26H33Cl2OY-. The summed E-state index contributed by atoms with van der Waals surface area (Å²) in [6.45, 7) is 2.19. The van der Waals surface area contributed by atoms with Gasteiger partial charge < -0.3 is 5.11 Å². The van der Waals surface area contributed by atoms with Crippen molar-refractivity contribution in [3.05, 3.63) is 71.3 Å². The third-order valence-corrected chi connectivity index (χ3v) is 7.29. The Morgan fingerprint density at radius 1 is 1.07 bits per heavy atom. The van der Waals surface area contributed by atoms with Gasteiger partial charge in [0.05, 0.1) is 6.10 Å². The minimum atomic E-state index is -0.420. The number of halogens is 2. The number of rotatable bonds is 10. The van der Waals surface area contributed by atoms with E-state index in [9.17, 15) is 5.11 Å². The van der Waals surface area contributed by atoms with Crippen LogP contribution in [0.25, 0.3) is 0 Å². The second-order valence-corrected chi connectivity index (χ2v) is 9.52. The van der Waals surface area contributed by atoms with Crippen molar-refractivity contribution in [1.82, 2.24) is 0 Å². The van der Waals surface area contributed by atoms with E-state index in [1.165, 1.54) is 11.1 Å². The average molecular weight is 521 g/mol. The zero-order valence-electron chi connectivity index (χ0n) is 17.9. The van der Waals surface area contributed by atoms with Gasteiger partial charge in [0.15, 0.2) is 0 Å². The topological polar surface area (TPSA) is 20.2 Å². The van der Waals surface area contributed by atoms with E-state index in [1.54, 1.807) is 0 Å². The molecule has 1 N–H and O–H groups in total. The van der Waals surface area contributed by atoms with Gasteiger partial charge in [-0.05, 0) is 36.3 Å². The molecule has 30 heavy (non-hydrogen) atoms. The van der Waals surface area contributed by atoms with Crippen LogP contribution in [0.4, 0.5) is 0 Å². The van der Waals surface area contributed by atoms with Crippen LogP contribution in [0.5, 0.6) is 0 Å². The Morgan fingerprint density at radius 3 is 2.60 bits per heavy atom. The van der Waals surface area contributed by atoms with Gasteiger partial charge in [0, 0.05) is 49.4 Å². The first-order chi connectivity index (χ1) is 14.1. The van der Waals surface area contributed by atoms with Gasteiger partial charge in [-0.25, -0.2) is 0 Å². The number of hydrogen-bond donors (Lipinski definition) is 1. The quantitative estimate of drug-likeness (QED) is 0.196. The number of aryl methyl sites for hydroxylation is 1. The van der Waals surface area contributed by atoms with Crippen LogP contribution >= 0.6 is 23.2 Å². The summed E-state index contributed by atoms with van der Waals surface area (Å²) in [6.07, 6.45) is 7.78. The van der Waals surface area contributed by atoms with Gasteiger partial charge in [-0.2, -0.15) is 35.9 Å². The van der Waals surface area contributed by atoms with Crippen molar-refractivity contribution >= 4 is 23.2 Å². The molecule has 161 valence electrons. The van der Waals surface area contributed by atoms with Gasteiger partial charge in [-0.1, -0.05) is 63.3 Å². The fraction of sp³-hybridized carbons (Fsp3) is 0.538. The van der Waals surface area contributed by atoms with Crippen molar-refractivity contribution < 1.29 is 37.8 Å². The standard InChI is InChI=1S/C26H33Cl2O.Y/c1-2-3-5-17-25(29)20-14-8-9-15-21(20)26-22(23(27)18-24(26)28)16-10-13-19-11-6-4-7-12-19;/h4,6,8-9,11-12,14-15,22-26,29H,2-3,5,10,13,16-18H2,1H3;/q-1;. The normalized spacial score (nSPS) is 24.4. The summed E-state index contributed by atoms with van der Waals surface area (Å²) >= 11 is 13.6. The third-order valence-electron chi connectivity index (χ3n) is 6.34. The van der Waals surface area contributed by atoms with E-state index in [4.69, 9.17) is 23.2 Å². The Balaban J connectivity index is 0.00000320. The Hall–Kier alpha value is 0.0839. The second-order valence-electron chi connectivity index (χ2n) is 8.40. The van der Waals surface area contributed by atoms with E-state index in [1.807, 2.05) is 18.2 Å². The average Bonchev–Trinajstić information content (AvgIpc) is 3.02. The fourth-order valence-electron chi connectivity index (χ4n) is 4.80. The van der Waals surface area contributed by atoms with Gasteiger partial charge in [-0.3, -0.25) is 0 Å². The van der Waals surface area contributed by atoms with E-state index in [0.717, 1.165) is 56.9 Å². The summed E-state index contributed by atoms with van der Waals surface area (Å²) in [5, 5.41) is 11.0. The number of unbranched alkanes of at least 4 members (excludes halogenated alkanes) is 2. The maximum atomic E-state index is 10.9. The second kappa shape index (κ2) is 13.6. The van der Waals surface area contributed by atoms with Crippen molar-refractivity contribution in [2.24, 2.45) is 5.92 Å². The molecule has 2 aromatic carbocycles. The van der Waals surface area contributed by atoms with Crippen LogP contribution in [0.3, 0.4) is 0 Å². The molecule has 1 radical (unpaired) electrons. The number of benzene rings is 2. The zero-order chi connectivity index (χ0) is 20.6. The smallest absolute Gasteiger partial charge is 0.0792 e. The summed E-state index contributed by atoms with van der Waals surface area (Å²) in [4.78, 5) is 0. The number of aliphatic hydroxyl groups is 1. The maximum Gasteiger partial charge on any atom is 0.0792 e. The Labute approximate surface area is 217 Å². The molecule has 5 atom stereocenters. The molecule has 1 saturated carbocycles. The molecule has 4 heteroatoms. The van der Waals surface area contributed by atoms with E-state index in [2.05, 4.69) is 43.3 Å². The summed E-state index contributed by atoms with van der Waals surface area (Å²) in [5.74, 6) is 0.550. The first kappa shape index (κ1) is 26.3. The van der Waals surface area contributed by atoms with Gasteiger partial charge in [0.2, 0.25) is 0 Å². The maximum absolute atomic E-state index is 10.9. The van der Waals surface area contributed by atoms with Crippen LogP contribution in [-0.4, -0.2) is 15.9 Å². The van der Waals surface area contributed by atoms with Gasteiger partial charge in [0.1, 0.15) is 0 Å². The largest absolute Gasteiger partial charge is 0.388 e. The molecule has 1 aliphatic carbocycles. The minimum absolute atomic E-state index is 0. The summed E-state index contributed by atoms with van der Waals surface area (Å²) in [5.41, 5.74) is 3.58. The molecule has 1 fully saturated rings. The van der Waals surface area contributed by atoms with Crippen LogP contribution in [0.15, 0.2) is 48.5 Å². The molecule has 0 amide bonds. The predicted molar refractivity (Wildman–Crippen MR) is 124 cm³/mol. The molecule has 3 rings (SSSR count). The Kier molecular flexibility index (Phi) is 11.9. The van der Waals surface area contributed by atoms with Crippen LogP contribution in [0.1, 0.15) is 80.6 Å². The molecular weight excluding hydrogens is 488 g/mol. The molecule has 2 aromatic rings. The molecule has 0 bridgehead atoms. The van der Waals surface area contributed by atoms with Crippen LogP contribution in [0, 0.1) is 12.0 Å². The Bertz CT molecular complexity index is 739. The van der Waals surface area contributed by atoms with Crippen molar-refractivity contribution in [3.8, 4) is 0 Å². The predicted octanol–water partition coefficient (Wildman–Crippen LogP) is 7.44. The van der Waals surface area contributed by atoms with Crippen molar-refractivity contribution in [2.75, 3.05) is 0 Å². The Morgan fingerprint density at radius 2 is 1.87 bits per heavy atom. The zero-order valence-corrected chi connectivity index (χ0v) is 22.3. The first-order valence-corrected chi connectivity index (χ1v) is 12.0. The molecule has 5 unspecified atom stereocenters. The first-order valence-electron chi connectivity index (χ1n) is 11.1. The van der Waals surface area contributed by atoms with E-state index < -0.39 is 6.10 Å². The van der Waals surface area contributed by atoms with Crippen molar-refractivity contribution in [1.29, 1.82) is 0 Å². The SMILES string of the molecule is CCCCCC(O)c1ccccc1C1C(Cl)CC(Cl)C1CCCc1c[c-]ccc1.[Y]. The fourth-order valence-corrected chi connectivity index (χ4v) is 5.89. The monoisotopic (exact) mass is 520 g/mol. The number of aliphatic hydroxyl groups excluding tert-OH is 1. The van der Waals surface area contributed by atoms with Crippen LogP contribution in [0.2, 0.25) is 0 Å². The summed E-state index contributed by atoms with van der Waals surface area (Å²) in [6, 6.07) is 19.7. The van der Waals surface area contributed by atoms with Crippen molar-refractivity contribution in [3.63, 3.8) is 0 Å². The summed E-state index contributed by atoms with van der Waals surface area (Å²) in [7, 11) is 0. The van der Waals surface area contributed by atoms with E-state index in [-0.39, 0.29) is 49.4 Å². The summed E-state index contributed by atoms with van der Waals surface area (Å²) < 4.78 is 0. The minimum Gasteiger partial charge on any atom is -0.388 e. The molecule has 1 nitrogen and oxygen atoms in total. The van der Waals surface area contributed by atoms with Gasteiger partial charge >= 0.3 is 0 Å². The van der Waals surface area contributed by atoms with E-state index in [0.29, 0.717) is 5.92 Å². The van der Waals surface area contributed by atoms with Crippen LogP contribution < -0.4 is 0 Å². The number of hydrogen-bond acceptors (Lipinski definition) is 1. The molecule has 0 saturated heterocycles. The third kappa shape index (κ3) is 7.04. The van der Waals surface area contributed by atoms with Gasteiger partial charge in [0.25, 0.3) is 0 Å². The van der Waals surface area contributed by atoms with Gasteiger partial charge in [-0.15, -0.1) is 23.2 Å². The van der Waals surface area contributed by atoms with Crippen molar-refractivity contribution in [2.45, 2.75) is 81.1 Å². The molecule has 0 heterocycles. The molecule has 1 aliphatic rings. The molecule has 0 aromatic heterocycles. The number of alkyl halides is 2. The van der Waals surface area contributed by atoms with E-state index >= 15 is 0 Å². The van der Waals surface area contributed by atoms with Crippen LogP contribution in [-0.2, 0) is 39.1 Å².